The lowest BCUT2D eigenvalue weighted by molar-refractivity contribution is -0.206. The van der Waals surface area contributed by atoms with Crippen molar-refractivity contribution in [1.82, 2.24) is 0 Å². The Kier molecular flexibility index (Phi) is 5.31. The highest BCUT2D eigenvalue weighted by atomic mass is 35.5. The van der Waals surface area contributed by atoms with Crippen molar-refractivity contribution in [2.24, 2.45) is 0 Å². The number of ether oxygens (including phenoxy) is 2. The van der Waals surface area contributed by atoms with E-state index in [2.05, 4.69) is 0 Å². The summed E-state index contributed by atoms with van der Waals surface area (Å²) in [7, 11) is 0. The molecule has 1 N–H and O–H groups in total. The maximum atomic E-state index is 12.5. The summed E-state index contributed by atoms with van der Waals surface area (Å²) < 4.78 is 47.8. The quantitative estimate of drug-likeness (QED) is 0.900. The van der Waals surface area contributed by atoms with Crippen molar-refractivity contribution in [2.75, 3.05) is 13.2 Å². The maximum absolute atomic E-state index is 12.5. The van der Waals surface area contributed by atoms with Crippen molar-refractivity contribution in [2.45, 2.75) is 26.1 Å². The van der Waals surface area contributed by atoms with Gasteiger partial charge in [-0.05, 0) is 31.5 Å². The first-order chi connectivity index (χ1) is 8.81. The van der Waals surface area contributed by atoms with E-state index in [0.29, 0.717) is 6.61 Å². The average molecular weight is 299 g/mol. The van der Waals surface area contributed by atoms with Gasteiger partial charge in [-0.3, -0.25) is 0 Å². The van der Waals surface area contributed by atoms with Crippen molar-refractivity contribution in [3.63, 3.8) is 0 Å². The summed E-state index contributed by atoms with van der Waals surface area (Å²) in [5, 5.41) is 9.18. The lowest BCUT2D eigenvalue weighted by Crippen LogP contribution is -2.20. The first-order valence-corrected chi connectivity index (χ1v) is 6.02. The molecule has 0 aromatic heterocycles. The molecular weight excluding hydrogens is 285 g/mol. The van der Waals surface area contributed by atoms with Gasteiger partial charge in [-0.25, -0.2) is 0 Å². The number of hydrogen-bond acceptors (Lipinski definition) is 3. The van der Waals surface area contributed by atoms with Gasteiger partial charge in [0.25, 0.3) is 0 Å². The largest absolute Gasteiger partial charge is 0.490 e. The van der Waals surface area contributed by atoms with Crippen LogP contribution in [0.3, 0.4) is 0 Å². The molecule has 0 amide bonds. The van der Waals surface area contributed by atoms with Gasteiger partial charge in [-0.1, -0.05) is 11.6 Å². The second-order valence-corrected chi connectivity index (χ2v) is 4.05. The molecule has 1 atom stereocenters. The minimum absolute atomic E-state index is 0.0360. The minimum Gasteiger partial charge on any atom is -0.490 e. The Labute approximate surface area is 113 Å². The van der Waals surface area contributed by atoms with Gasteiger partial charge in [0, 0.05) is 0 Å². The van der Waals surface area contributed by atoms with Crippen LogP contribution in [0.2, 0.25) is 5.02 Å². The van der Waals surface area contributed by atoms with E-state index >= 15 is 0 Å². The molecule has 3 nitrogen and oxygen atoms in total. The van der Waals surface area contributed by atoms with Gasteiger partial charge in [0.2, 0.25) is 0 Å². The molecule has 0 bridgehead atoms. The van der Waals surface area contributed by atoms with E-state index in [9.17, 15) is 18.3 Å². The Balaban J connectivity index is 3.23. The number of halogens is 4. The van der Waals surface area contributed by atoms with E-state index in [1.165, 1.54) is 0 Å². The summed E-state index contributed by atoms with van der Waals surface area (Å²) in [6.45, 7) is 3.92. The van der Waals surface area contributed by atoms with Crippen LogP contribution in [0.4, 0.5) is 13.2 Å². The highest BCUT2D eigenvalue weighted by Gasteiger charge is 2.40. The third-order valence-electron chi connectivity index (χ3n) is 2.25. The van der Waals surface area contributed by atoms with Gasteiger partial charge >= 0.3 is 6.18 Å². The van der Waals surface area contributed by atoms with E-state index in [1.807, 2.05) is 0 Å². The fourth-order valence-electron chi connectivity index (χ4n) is 1.48. The molecule has 0 fully saturated rings. The normalized spacial score (nSPS) is 13.2. The lowest BCUT2D eigenvalue weighted by atomic mass is 10.1. The Hall–Kier alpha value is -1.14. The molecule has 1 unspecified atom stereocenters. The minimum atomic E-state index is -4.76. The van der Waals surface area contributed by atoms with E-state index in [1.54, 1.807) is 13.8 Å². The van der Waals surface area contributed by atoms with Crippen LogP contribution in [0, 0.1) is 0 Å². The first kappa shape index (κ1) is 15.9. The van der Waals surface area contributed by atoms with Crippen molar-refractivity contribution in [1.29, 1.82) is 0 Å². The predicted octanol–water partition coefficient (Wildman–Crippen LogP) is 3.73. The zero-order valence-corrected chi connectivity index (χ0v) is 11.2. The molecule has 1 rings (SSSR count). The smallest absolute Gasteiger partial charge is 0.418 e. The third kappa shape index (κ3) is 3.91. The second-order valence-electron chi connectivity index (χ2n) is 3.64. The van der Waals surface area contributed by atoms with Crippen LogP contribution in [0.1, 0.15) is 25.5 Å². The van der Waals surface area contributed by atoms with Crippen molar-refractivity contribution in [3.05, 3.63) is 22.7 Å². The zero-order chi connectivity index (χ0) is 14.6. The molecule has 0 heterocycles. The second kappa shape index (κ2) is 6.34. The monoisotopic (exact) mass is 298 g/mol. The van der Waals surface area contributed by atoms with E-state index in [0.717, 1.165) is 12.1 Å². The van der Waals surface area contributed by atoms with Gasteiger partial charge in [0.15, 0.2) is 17.6 Å². The molecule has 0 aliphatic carbocycles. The number of hydrogen-bond donors (Lipinski definition) is 1. The fraction of sp³-hybridized carbons (Fsp3) is 0.500. The number of benzene rings is 1. The summed E-state index contributed by atoms with van der Waals surface area (Å²) in [6, 6.07) is 2.10. The highest BCUT2D eigenvalue weighted by molar-refractivity contribution is 6.32. The molecule has 1 aromatic carbocycles. The maximum Gasteiger partial charge on any atom is 0.418 e. The molecule has 0 aliphatic heterocycles. The van der Waals surface area contributed by atoms with E-state index in [-0.39, 0.29) is 28.7 Å². The summed E-state index contributed by atoms with van der Waals surface area (Å²) in [6.07, 6.45) is -7.38. The first-order valence-electron chi connectivity index (χ1n) is 5.65. The Morgan fingerprint density at radius 3 is 2.26 bits per heavy atom. The van der Waals surface area contributed by atoms with Gasteiger partial charge in [-0.15, -0.1) is 0 Å². The molecule has 1 aromatic rings. The predicted molar refractivity (Wildman–Crippen MR) is 64.8 cm³/mol. The Morgan fingerprint density at radius 1 is 1.21 bits per heavy atom. The van der Waals surface area contributed by atoms with Crippen LogP contribution >= 0.6 is 11.6 Å². The third-order valence-corrected chi connectivity index (χ3v) is 2.53. The number of aliphatic hydroxyl groups is 1. The summed E-state index contributed by atoms with van der Waals surface area (Å²) >= 11 is 5.86. The van der Waals surface area contributed by atoms with E-state index < -0.39 is 12.3 Å². The SMILES string of the molecule is CCOc1cc(C(O)C(F)(F)F)cc(Cl)c1OCC. The lowest BCUT2D eigenvalue weighted by Gasteiger charge is -2.18. The van der Waals surface area contributed by atoms with Crippen LogP contribution in [-0.4, -0.2) is 24.5 Å². The van der Waals surface area contributed by atoms with Crippen molar-refractivity contribution < 1.29 is 27.8 Å². The molecule has 0 aliphatic rings. The van der Waals surface area contributed by atoms with Gasteiger partial charge < -0.3 is 14.6 Å². The van der Waals surface area contributed by atoms with E-state index in [4.69, 9.17) is 21.1 Å². The molecule has 0 spiro atoms. The zero-order valence-electron chi connectivity index (χ0n) is 10.4. The van der Waals surface area contributed by atoms with Crippen molar-refractivity contribution >= 4 is 11.6 Å². The molecule has 19 heavy (non-hydrogen) atoms. The van der Waals surface area contributed by atoms with Crippen LogP contribution in [-0.2, 0) is 0 Å². The molecule has 108 valence electrons. The van der Waals surface area contributed by atoms with Crippen LogP contribution in [0.5, 0.6) is 11.5 Å². The fourth-order valence-corrected chi connectivity index (χ4v) is 1.76. The number of alkyl halides is 3. The molecular formula is C12H14ClF3O3. The van der Waals surface area contributed by atoms with Gasteiger partial charge in [-0.2, -0.15) is 13.2 Å². The molecule has 0 saturated carbocycles. The highest BCUT2D eigenvalue weighted by Crippen LogP contribution is 2.41. The molecule has 0 radical (unpaired) electrons. The standard InChI is InChI=1S/C12H14ClF3O3/c1-3-18-9-6-7(11(17)12(14,15)16)5-8(13)10(9)19-4-2/h5-6,11,17H,3-4H2,1-2H3. The molecule has 7 heteroatoms. The Bertz CT molecular complexity index is 435. The van der Waals surface area contributed by atoms with Crippen LogP contribution < -0.4 is 9.47 Å². The van der Waals surface area contributed by atoms with Crippen LogP contribution in [0.25, 0.3) is 0 Å². The number of aliphatic hydroxyl groups excluding tert-OH is 1. The van der Waals surface area contributed by atoms with Crippen LogP contribution in [0.15, 0.2) is 12.1 Å². The Morgan fingerprint density at radius 2 is 1.79 bits per heavy atom. The summed E-state index contributed by atoms with van der Waals surface area (Å²) in [5.74, 6) is 0.249. The average Bonchev–Trinajstić information content (AvgIpc) is 2.31. The topological polar surface area (TPSA) is 38.7 Å². The summed E-state index contributed by atoms with van der Waals surface area (Å²) in [5.41, 5.74) is -0.385. The molecule has 0 saturated heterocycles. The number of rotatable bonds is 5. The van der Waals surface area contributed by atoms with Gasteiger partial charge in [0.05, 0.1) is 18.2 Å². The summed E-state index contributed by atoms with van der Waals surface area (Å²) in [4.78, 5) is 0. The van der Waals surface area contributed by atoms with Crippen molar-refractivity contribution in [3.8, 4) is 11.5 Å². The van der Waals surface area contributed by atoms with Gasteiger partial charge in [0.1, 0.15) is 0 Å².